The normalized spacial score (nSPS) is 10.8. The van der Waals surface area contributed by atoms with E-state index in [-0.39, 0.29) is 0 Å². The van der Waals surface area contributed by atoms with Crippen molar-refractivity contribution in [1.82, 2.24) is 14.6 Å². The summed E-state index contributed by atoms with van der Waals surface area (Å²) >= 11 is 3.34. The predicted octanol–water partition coefficient (Wildman–Crippen LogP) is 3.18. The van der Waals surface area contributed by atoms with Crippen molar-refractivity contribution in [3.8, 4) is 22.8 Å². The van der Waals surface area contributed by atoms with Gasteiger partial charge in [0.2, 0.25) is 0 Å². The van der Waals surface area contributed by atoms with Crippen LogP contribution in [0, 0.1) is 0 Å². The molecule has 2 aromatic heterocycles. The van der Waals surface area contributed by atoms with E-state index in [4.69, 9.17) is 9.47 Å². The minimum Gasteiger partial charge on any atom is -0.493 e. The van der Waals surface area contributed by atoms with E-state index in [0.29, 0.717) is 11.5 Å². The van der Waals surface area contributed by atoms with Crippen LogP contribution in [0.25, 0.3) is 16.9 Å². The number of ether oxygens (including phenoxy) is 2. The zero-order chi connectivity index (χ0) is 14.1. The number of hydrogen-bond donors (Lipinski definition) is 0. The van der Waals surface area contributed by atoms with Crippen LogP contribution in [0.1, 0.15) is 0 Å². The van der Waals surface area contributed by atoms with Gasteiger partial charge in [-0.05, 0) is 46.3 Å². The number of hydrogen-bond acceptors (Lipinski definition) is 4. The zero-order valence-corrected chi connectivity index (χ0v) is 12.6. The fourth-order valence-corrected chi connectivity index (χ4v) is 2.38. The van der Waals surface area contributed by atoms with Crippen molar-refractivity contribution in [3.05, 3.63) is 41.1 Å². The van der Waals surface area contributed by atoms with Crippen molar-refractivity contribution in [2.24, 2.45) is 0 Å². The van der Waals surface area contributed by atoms with Crippen LogP contribution < -0.4 is 9.47 Å². The van der Waals surface area contributed by atoms with Crippen LogP contribution in [0.5, 0.6) is 11.5 Å². The number of halogens is 1. The van der Waals surface area contributed by atoms with E-state index in [1.807, 2.05) is 36.5 Å². The molecular weight excluding hydrogens is 322 g/mol. The molecule has 3 rings (SSSR count). The Morgan fingerprint density at radius 1 is 1.05 bits per heavy atom. The van der Waals surface area contributed by atoms with E-state index >= 15 is 0 Å². The van der Waals surface area contributed by atoms with Gasteiger partial charge in [-0.25, -0.2) is 9.50 Å². The number of imidazole rings is 1. The molecule has 2 heterocycles. The lowest BCUT2D eigenvalue weighted by atomic mass is 10.1. The largest absolute Gasteiger partial charge is 0.493 e. The number of aromatic nitrogens is 3. The van der Waals surface area contributed by atoms with Crippen molar-refractivity contribution < 1.29 is 9.47 Å². The third kappa shape index (κ3) is 2.22. The molecule has 0 saturated heterocycles. The summed E-state index contributed by atoms with van der Waals surface area (Å²) in [6, 6.07) is 9.56. The van der Waals surface area contributed by atoms with Crippen LogP contribution >= 0.6 is 15.9 Å². The highest BCUT2D eigenvalue weighted by atomic mass is 79.9. The Labute approximate surface area is 124 Å². The van der Waals surface area contributed by atoms with Crippen molar-refractivity contribution in [1.29, 1.82) is 0 Å². The van der Waals surface area contributed by atoms with Crippen molar-refractivity contribution >= 4 is 21.6 Å². The summed E-state index contributed by atoms with van der Waals surface area (Å²) in [6.07, 6.45) is 1.82. The SMILES string of the molecule is COc1ccc(-c2ccc3nc(Br)cn3n2)cc1OC. The summed E-state index contributed by atoms with van der Waals surface area (Å²) in [5.74, 6) is 1.38. The molecule has 20 heavy (non-hydrogen) atoms. The lowest BCUT2D eigenvalue weighted by molar-refractivity contribution is 0.355. The average molecular weight is 334 g/mol. The molecule has 0 fully saturated rings. The van der Waals surface area contributed by atoms with Gasteiger partial charge in [-0.15, -0.1) is 0 Å². The van der Waals surface area contributed by atoms with Crippen LogP contribution in [0.15, 0.2) is 41.1 Å². The Morgan fingerprint density at radius 3 is 2.60 bits per heavy atom. The van der Waals surface area contributed by atoms with Gasteiger partial charge < -0.3 is 9.47 Å². The first-order valence-corrected chi connectivity index (χ1v) is 6.75. The molecule has 0 N–H and O–H groups in total. The van der Waals surface area contributed by atoms with Gasteiger partial charge in [0.1, 0.15) is 4.60 Å². The predicted molar refractivity (Wildman–Crippen MR) is 79.2 cm³/mol. The molecule has 0 aliphatic heterocycles. The first-order chi connectivity index (χ1) is 9.71. The molecule has 0 spiro atoms. The second-order valence-electron chi connectivity index (χ2n) is 4.15. The zero-order valence-electron chi connectivity index (χ0n) is 11.0. The second kappa shape index (κ2) is 5.13. The smallest absolute Gasteiger partial charge is 0.161 e. The number of methoxy groups -OCH3 is 2. The number of benzene rings is 1. The summed E-state index contributed by atoms with van der Waals surface area (Å²) in [5, 5.41) is 4.52. The number of fused-ring (bicyclic) bond motifs is 1. The molecule has 0 aliphatic carbocycles. The number of nitrogens with zero attached hydrogens (tertiary/aromatic N) is 3. The Kier molecular flexibility index (Phi) is 3.31. The van der Waals surface area contributed by atoms with Gasteiger partial charge in [0, 0.05) is 5.56 Å². The first-order valence-electron chi connectivity index (χ1n) is 5.95. The Balaban J connectivity index is 2.09. The van der Waals surface area contributed by atoms with Crippen LogP contribution in [-0.2, 0) is 0 Å². The highest BCUT2D eigenvalue weighted by molar-refractivity contribution is 9.10. The fourth-order valence-electron chi connectivity index (χ4n) is 2.00. The molecular formula is C14H12BrN3O2. The molecule has 5 nitrogen and oxygen atoms in total. The average Bonchev–Trinajstić information content (AvgIpc) is 2.85. The van der Waals surface area contributed by atoms with Gasteiger partial charge in [0.15, 0.2) is 17.1 Å². The number of rotatable bonds is 3. The molecule has 0 aliphatic rings. The fraction of sp³-hybridized carbons (Fsp3) is 0.143. The van der Waals surface area contributed by atoms with Crippen LogP contribution in [0.2, 0.25) is 0 Å². The molecule has 0 saturated carbocycles. The maximum absolute atomic E-state index is 5.31. The van der Waals surface area contributed by atoms with Gasteiger partial charge in [-0.1, -0.05) is 0 Å². The van der Waals surface area contributed by atoms with Crippen molar-refractivity contribution in [3.63, 3.8) is 0 Å². The molecule has 0 bridgehead atoms. The summed E-state index contributed by atoms with van der Waals surface area (Å²) in [5.41, 5.74) is 2.58. The maximum Gasteiger partial charge on any atom is 0.161 e. The summed E-state index contributed by atoms with van der Waals surface area (Å²) in [4.78, 5) is 4.28. The topological polar surface area (TPSA) is 48.7 Å². The van der Waals surface area contributed by atoms with Gasteiger partial charge in [0.05, 0.1) is 26.1 Å². The molecule has 0 amide bonds. The Morgan fingerprint density at radius 2 is 1.85 bits per heavy atom. The lowest BCUT2D eigenvalue weighted by Gasteiger charge is -2.09. The van der Waals surface area contributed by atoms with Gasteiger partial charge in [-0.3, -0.25) is 0 Å². The molecule has 1 aromatic carbocycles. The first kappa shape index (κ1) is 12.9. The van der Waals surface area contributed by atoms with Crippen LogP contribution in [0.4, 0.5) is 0 Å². The van der Waals surface area contributed by atoms with Crippen LogP contribution in [0.3, 0.4) is 0 Å². The van der Waals surface area contributed by atoms with E-state index < -0.39 is 0 Å². The quantitative estimate of drug-likeness (QED) is 0.738. The minimum absolute atomic E-state index is 0.679. The third-order valence-electron chi connectivity index (χ3n) is 2.97. The molecule has 3 aromatic rings. The lowest BCUT2D eigenvalue weighted by Crippen LogP contribution is -1.95. The van der Waals surface area contributed by atoms with Crippen molar-refractivity contribution in [2.75, 3.05) is 14.2 Å². The van der Waals surface area contributed by atoms with E-state index in [0.717, 1.165) is 21.5 Å². The summed E-state index contributed by atoms with van der Waals surface area (Å²) in [6.45, 7) is 0. The van der Waals surface area contributed by atoms with Gasteiger partial charge in [-0.2, -0.15) is 5.10 Å². The highest BCUT2D eigenvalue weighted by Crippen LogP contribution is 2.31. The van der Waals surface area contributed by atoms with Gasteiger partial charge >= 0.3 is 0 Å². The molecule has 0 radical (unpaired) electrons. The Bertz CT molecular complexity index is 770. The highest BCUT2D eigenvalue weighted by Gasteiger charge is 2.08. The van der Waals surface area contributed by atoms with Crippen molar-refractivity contribution in [2.45, 2.75) is 0 Å². The monoisotopic (exact) mass is 333 g/mol. The maximum atomic E-state index is 5.31. The molecule has 102 valence electrons. The standard InChI is InChI=1S/C14H12BrN3O2/c1-19-11-5-3-9(7-12(11)20-2)10-4-6-14-16-13(15)8-18(14)17-10/h3-8H,1-2H3. The third-order valence-corrected chi connectivity index (χ3v) is 3.35. The van der Waals surface area contributed by atoms with E-state index in [2.05, 4.69) is 26.0 Å². The van der Waals surface area contributed by atoms with E-state index in [9.17, 15) is 0 Å². The Hall–Kier alpha value is -2.08. The van der Waals surface area contributed by atoms with Gasteiger partial charge in [0.25, 0.3) is 0 Å². The van der Waals surface area contributed by atoms with Crippen LogP contribution in [-0.4, -0.2) is 28.8 Å². The summed E-state index contributed by atoms with van der Waals surface area (Å²) in [7, 11) is 3.23. The molecule has 0 atom stereocenters. The second-order valence-corrected chi connectivity index (χ2v) is 4.97. The van der Waals surface area contributed by atoms with E-state index in [1.165, 1.54) is 0 Å². The summed E-state index contributed by atoms with van der Waals surface area (Å²) < 4.78 is 13.0. The van der Waals surface area contributed by atoms with E-state index in [1.54, 1.807) is 18.7 Å². The molecule has 6 heteroatoms. The minimum atomic E-state index is 0.679. The molecule has 0 unspecified atom stereocenters.